The van der Waals surface area contributed by atoms with Crippen LogP contribution in [0.5, 0.6) is 0 Å². The molecule has 0 saturated carbocycles. The number of benzene rings is 2. The highest BCUT2D eigenvalue weighted by molar-refractivity contribution is 5.99. The van der Waals surface area contributed by atoms with Gasteiger partial charge in [0.25, 0.3) is 5.91 Å². The number of ether oxygens (including phenoxy) is 1. The Balaban J connectivity index is 1.80. The number of amides is 1. The van der Waals surface area contributed by atoms with Gasteiger partial charge >= 0.3 is 5.97 Å². The number of hydrogen-bond acceptors (Lipinski definition) is 3. The molecule has 124 valence electrons. The maximum Gasteiger partial charge on any atom is 0.304 e. The summed E-state index contributed by atoms with van der Waals surface area (Å²) in [6.07, 6.45) is 1.05. The quantitative estimate of drug-likeness (QED) is 0.788. The Morgan fingerprint density at radius 1 is 1.12 bits per heavy atom. The fraction of sp³-hybridized carbons (Fsp3) is 0.300. The normalized spacial score (nSPS) is 17.5. The molecule has 4 heteroatoms. The molecule has 0 bridgehead atoms. The maximum absolute atomic E-state index is 12.8. The van der Waals surface area contributed by atoms with Gasteiger partial charge in [-0.25, -0.2) is 0 Å². The molecule has 2 aromatic carbocycles. The lowest BCUT2D eigenvalue weighted by molar-refractivity contribution is -0.155. The standard InChI is InChI=1S/C20H21NO3/c1-14(12-13-16-8-4-3-5-9-16)21-19(23)17-10-6-7-11-18(17)20(21)24-15(2)22/h3-11,14,20H,12-13H2,1-2H3/t14-,20+/m1/s1. The Morgan fingerprint density at radius 2 is 1.79 bits per heavy atom. The summed E-state index contributed by atoms with van der Waals surface area (Å²) >= 11 is 0. The molecule has 0 aliphatic carbocycles. The summed E-state index contributed by atoms with van der Waals surface area (Å²) in [4.78, 5) is 26.0. The molecule has 24 heavy (non-hydrogen) atoms. The van der Waals surface area contributed by atoms with E-state index >= 15 is 0 Å². The van der Waals surface area contributed by atoms with E-state index in [4.69, 9.17) is 4.74 Å². The van der Waals surface area contributed by atoms with Crippen LogP contribution in [0.4, 0.5) is 0 Å². The van der Waals surface area contributed by atoms with Gasteiger partial charge in [0, 0.05) is 24.1 Å². The lowest BCUT2D eigenvalue weighted by atomic mass is 10.1. The van der Waals surface area contributed by atoms with Crippen LogP contribution < -0.4 is 0 Å². The van der Waals surface area contributed by atoms with Gasteiger partial charge in [-0.2, -0.15) is 0 Å². The molecule has 0 N–H and O–H groups in total. The van der Waals surface area contributed by atoms with E-state index in [2.05, 4.69) is 12.1 Å². The molecule has 1 amide bonds. The van der Waals surface area contributed by atoms with Crippen molar-refractivity contribution in [3.8, 4) is 0 Å². The van der Waals surface area contributed by atoms with Crippen LogP contribution in [0, 0.1) is 0 Å². The van der Waals surface area contributed by atoms with Crippen molar-refractivity contribution in [2.45, 2.75) is 39.0 Å². The average Bonchev–Trinajstić information content (AvgIpc) is 2.86. The Kier molecular flexibility index (Phi) is 4.65. The van der Waals surface area contributed by atoms with Gasteiger partial charge in [-0.05, 0) is 31.4 Å². The second kappa shape index (κ2) is 6.87. The number of esters is 1. The molecule has 1 heterocycles. The Hall–Kier alpha value is -2.62. The molecule has 0 saturated heterocycles. The van der Waals surface area contributed by atoms with E-state index in [1.165, 1.54) is 12.5 Å². The molecule has 2 aromatic rings. The van der Waals surface area contributed by atoms with Crippen molar-refractivity contribution in [2.24, 2.45) is 0 Å². The van der Waals surface area contributed by atoms with E-state index in [1.807, 2.05) is 43.3 Å². The van der Waals surface area contributed by atoms with Crippen LogP contribution in [0.2, 0.25) is 0 Å². The van der Waals surface area contributed by atoms with E-state index in [9.17, 15) is 9.59 Å². The number of aryl methyl sites for hydroxylation is 1. The van der Waals surface area contributed by atoms with Gasteiger partial charge in [0.15, 0.2) is 0 Å². The maximum atomic E-state index is 12.8. The molecule has 0 fully saturated rings. The third-order valence-corrected chi connectivity index (χ3v) is 4.39. The van der Waals surface area contributed by atoms with Crippen molar-refractivity contribution in [3.63, 3.8) is 0 Å². The summed E-state index contributed by atoms with van der Waals surface area (Å²) in [6, 6.07) is 17.5. The van der Waals surface area contributed by atoms with Gasteiger partial charge in [-0.1, -0.05) is 48.5 Å². The van der Waals surface area contributed by atoms with Crippen LogP contribution in [0.25, 0.3) is 0 Å². The van der Waals surface area contributed by atoms with Crippen LogP contribution >= 0.6 is 0 Å². The zero-order chi connectivity index (χ0) is 17.1. The van der Waals surface area contributed by atoms with Crippen molar-refractivity contribution < 1.29 is 14.3 Å². The molecular weight excluding hydrogens is 302 g/mol. The minimum absolute atomic E-state index is 0.0329. The topological polar surface area (TPSA) is 46.6 Å². The summed E-state index contributed by atoms with van der Waals surface area (Å²) in [5.74, 6) is -0.456. The van der Waals surface area contributed by atoms with Crippen molar-refractivity contribution in [2.75, 3.05) is 0 Å². The molecule has 2 atom stereocenters. The molecule has 1 aliphatic heterocycles. The van der Waals surface area contributed by atoms with Gasteiger partial charge < -0.3 is 4.74 Å². The zero-order valence-corrected chi connectivity index (χ0v) is 13.9. The predicted octanol–water partition coefficient (Wildman–Crippen LogP) is 3.73. The minimum Gasteiger partial charge on any atom is -0.437 e. The smallest absolute Gasteiger partial charge is 0.304 e. The van der Waals surface area contributed by atoms with Crippen molar-refractivity contribution >= 4 is 11.9 Å². The predicted molar refractivity (Wildman–Crippen MR) is 91.3 cm³/mol. The fourth-order valence-corrected chi connectivity index (χ4v) is 3.17. The third-order valence-electron chi connectivity index (χ3n) is 4.39. The molecule has 0 aromatic heterocycles. The molecule has 0 unspecified atom stereocenters. The lowest BCUT2D eigenvalue weighted by Crippen LogP contribution is -2.38. The summed E-state index contributed by atoms with van der Waals surface area (Å²) in [7, 11) is 0. The molecule has 1 aliphatic rings. The van der Waals surface area contributed by atoms with Gasteiger partial charge in [0.05, 0.1) is 0 Å². The molecule has 0 spiro atoms. The highest BCUT2D eigenvalue weighted by Gasteiger charge is 2.40. The Labute approximate surface area is 142 Å². The second-order valence-electron chi connectivity index (χ2n) is 6.13. The van der Waals surface area contributed by atoms with E-state index in [0.717, 1.165) is 18.4 Å². The van der Waals surface area contributed by atoms with Crippen LogP contribution in [0.3, 0.4) is 0 Å². The first-order chi connectivity index (χ1) is 11.6. The highest BCUT2D eigenvalue weighted by Crippen LogP contribution is 2.36. The van der Waals surface area contributed by atoms with Crippen molar-refractivity contribution in [3.05, 3.63) is 71.3 Å². The zero-order valence-electron chi connectivity index (χ0n) is 13.9. The van der Waals surface area contributed by atoms with E-state index in [-0.39, 0.29) is 17.9 Å². The number of fused-ring (bicyclic) bond motifs is 1. The summed E-state index contributed by atoms with van der Waals surface area (Å²) in [6.45, 7) is 3.38. The van der Waals surface area contributed by atoms with Crippen LogP contribution in [0.1, 0.15) is 48.0 Å². The molecular formula is C20H21NO3. The first-order valence-electron chi connectivity index (χ1n) is 8.20. The number of carbonyl (C=O) groups is 2. The summed E-state index contributed by atoms with van der Waals surface area (Å²) in [5.41, 5.74) is 2.62. The van der Waals surface area contributed by atoms with E-state index in [1.54, 1.807) is 11.0 Å². The minimum atomic E-state index is -0.628. The molecule has 0 radical (unpaired) electrons. The largest absolute Gasteiger partial charge is 0.437 e. The van der Waals surface area contributed by atoms with E-state index in [0.29, 0.717) is 5.56 Å². The van der Waals surface area contributed by atoms with Crippen LogP contribution in [-0.2, 0) is 16.0 Å². The van der Waals surface area contributed by atoms with Gasteiger partial charge in [0.2, 0.25) is 6.23 Å². The third kappa shape index (κ3) is 3.18. The fourth-order valence-electron chi connectivity index (χ4n) is 3.17. The Bertz CT molecular complexity index is 742. The molecule has 3 rings (SSSR count). The first-order valence-corrected chi connectivity index (χ1v) is 8.20. The lowest BCUT2D eigenvalue weighted by Gasteiger charge is -2.30. The average molecular weight is 323 g/mol. The Morgan fingerprint density at radius 3 is 2.50 bits per heavy atom. The van der Waals surface area contributed by atoms with Crippen molar-refractivity contribution in [1.82, 2.24) is 4.90 Å². The van der Waals surface area contributed by atoms with Crippen LogP contribution in [-0.4, -0.2) is 22.8 Å². The van der Waals surface area contributed by atoms with Gasteiger partial charge in [0.1, 0.15) is 0 Å². The number of rotatable bonds is 5. The van der Waals surface area contributed by atoms with Crippen LogP contribution in [0.15, 0.2) is 54.6 Å². The SMILES string of the molecule is CC(=O)O[C@H]1c2ccccc2C(=O)N1[C@H](C)CCc1ccccc1. The summed E-state index contributed by atoms with van der Waals surface area (Å²) in [5, 5.41) is 0. The molecule has 4 nitrogen and oxygen atoms in total. The van der Waals surface area contributed by atoms with Gasteiger partial charge in [-0.3, -0.25) is 14.5 Å². The monoisotopic (exact) mass is 323 g/mol. The van der Waals surface area contributed by atoms with Crippen molar-refractivity contribution in [1.29, 1.82) is 0 Å². The number of carbonyl (C=O) groups excluding carboxylic acids is 2. The first kappa shape index (κ1) is 16.2. The van der Waals surface area contributed by atoms with E-state index < -0.39 is 6.23 Å². The summed E-state index contributed by atoms with van der Waals surface area (Å²) < 4.78 is 5.46. The number of nitrogens with zero attached hydrogens (tertiary/aromatic N) is 1. The second-order valence-corrected chi connectivity index (χ2v) is 6.13. The highest BCUT2D eigenvalue weighted by atomic mass is 16.6. The number of hydrogen-bond donors (Lipinski definition) is 0. The van der Waals surface area contributed by atoms with Gasteiger partial charge in [-0.15, -0.1) is 0 Å².